The highest BCUT2D eigenvalue weighted by Crippen LogP contribution is 2.52. The van der Waals surface area contributed by atoms with Crippen LogP contribution in [0.5, 0.6) is 0 Å². The molecule has 0 radical (unpaired) electrons. The van der Waals surface area contributed by atoms with E-state index in [1.54, 1.807) is 6.92 Å². The molecule has 4 atom stereocenters. The molecule has 2 aliphatic rings. The van der Waals surface area contributed by atoms with Crippen molar-refractivity contribution in [3.8, 4) is 0 Å². The van der Waals surface area contributed by atoms with E-state index in [1.165, 1.54) is 19.3 Å². The number of carbonyl (C=O) groups excluding carboxylic acids is 3. The third-order valence-electron chi connectivity index (χ3n) is 8.13. The smallest absolute Gasteiger partial charge is 0.376 e. The van der Waals surface area contributed by atoms with Gasteiger partial charge in [0.05, 0.1) is 59.7 Å². The van der Waals surface area contributed by atoms with Crippen LogP contribution >= 0.6 is 0 Å². The Morgan fingerprint density at radius 3 is 1.81 bits per heavy atom. The monoisotopic (exact) mass is 645 g/mol. The van der Waals surface area contributed by atoms with Gasteiger partial charge in [-0.1, -0.05) is 91.0 Å². The van der Waals surface area contributed by atoms with Crippen LogP contribution in [0.1, 0.15) is 30.0 Å². The molecule has 3 aromatic carbocycles. The van der Waals surface area contributed by atoms with Crippen LogP contribution in [-0.2, 0) is 67.5 Å². The molecule has 11 nitrogen and oxygen atoms in total. The van der Waals surface area contributed by atoms with Crippen LogP contribution in [0.25, 0.3) is 0 Å². The second-order valence-electron chi connectivity index (χ2n) is 11.1. The van der Waals surface area contributed by atoms with Gasteiger partial charge in [0.15, 0.2) is 0 Å². The summed E-state index contributed by atoms with van der Waals surface area (Å²) in [5.41, 5.74) is 0.723. The Morgan fingerprint density at radius 2 is 1.28 bits per heavy atom. The minimum Gasteiger partial charge on any atom is -0.466 e. The number of hydroxylamine groups is 2. The molecule has 1 saturated heterocycles. The first kappa shape index (κ1) is 33.8. The molecule has 0 bridgehead atoms. The van der Waals surface area contributed by atoms with Crippen LogP contribution in [0.3, 0.4) is 0 Å². The highest BCUT2D eigenvalue weighted by Gasteiger charge is 2.71. The largest absolute Gasteiger partial charge is 0.466 e. The number of carbonyl (C=O) groups is 3. The number of esters is 3. The number of rotatable bonds is 15. The Bertz CT molecular complexity index is 1530. The first-order valence-electron chi connectivity index (χ1n) is 15.4. The summed E-state index contributed by atoms with van der Waals surface area (Å²) in [6, 6.07) is 27.9. The van der Waals surface area contributed by atoms with Crippen LogP contribution in [0.4, 0.5) is 0 Å². The number of hydrogen-bond donors (Lipinski definition) is 0. The van der Waals surface area contributed by atoms with Crippen LogP contribution < -0.4 is 0 Å². The first-order chi connectivity index (χ1) is 22.9. The Kier molecular flexibility index (Phi) is 11.4. The van der Waals surface area contributed by atoms with E-state index in [1.807, 2.05) is 91.0 Å². The van der Waals surface area contributed by atoms with E-state index >= 15 is 0 Å². The molecule has 0 aromatic heterocycles. The zero-order chi connectivity index (χ0) is 33.2. The molecule has 0 unspecified atom stereocenters. The lowest BCUT2D eigenvalue weighted by molar-refractivity contribution is -0.199. The van der Waals surface area contributed by atoms with E-state index in [0.717, 1.165) is 16.7 Å². The summed E-state index contributed by atoms with van der Waals surface area (Å²) >= 11 is 0. The minimum absolute atomic E-state index is 0.0209. The van der Waals surface area contributed by atoms with Crippen molar-refractivity contribution in [2.24, 2.45) is 0 Å². The predicted molar refractivity (Wildman–Crippen MR) is 168 cm³/mol. The quantitative estimate of drug-likeness (QED) is 0.174. The third-order valence-corrected chi connectivity index (χ3v) is 8.13. The van der Waals surface area contributed by atoms with Gasteiger partial charge in [0.1, 0.15) is 23.3 Å². The Hall–Kier alpha value is -4.55. The molecule has 0 N–H and O–H groups in total. The topological polar surface area (TPSA) is 119 Å². The lowest BCUT2D eigenvalue weighted by Gasteiger charge is -2.36. The third kappa shape index (κ3) is 7.39. The summed E-state index contributed by atoms with van der Waals surface area (Å²) in [5.74, 6) is -2.87. The van der Waals surface area contributed by atoms with Gasteiger partial charge in [-0.15, -0.1) is 5.06 Å². The van der Waals surface area contributed by atoms with Crippen molar-refractivity contribution in [1.29, 1.82) is 0 Å². The highest BCUT2D eigenvalue weighted by atomic mass is 16.7. The van der Waals surface area contributed by atoms with E-state index in [-0.39, 0.29) is 38.6 Å². The fourth-order valence-corrected chi connectivity index (χ4v) is 6.07. The molecule has 11 heteroatoms. The van der Waals surface area contributed by atoms with Crippen LogP contribution in [0, 0.1) is 0 Å². The number of nitrogens with zero attached hydrogens (tertiary/aromatic N) is 1. The number of hydrogen-bond acceptors (Lipinski definition) is 11. The van der Waals surface area contributed by atoms with Crippen molar-refractivity contribution in [1.82, 2.24) is 5.06 Å². The van der Waals surface area contributed by atoms with Gasteiger partial charge in [-0.3, -0.25) is 4.79 Å². The van der Waals surface area contributed by atoms with Gasteiger partial charge in [-0.25, -0.2) is 9.59 Å². The molecular formula is C36H39NO10. The van der Waals surface area contributed by atoms with E-state index in [2.05, 4.69) is 0 Å². The van der Waals surface area contributed by atoms with Crippen LogP contribution in [-0.4, -0.2) is 74.2 Å². The zero-order valence-corrected chi connectivity index (χ0v) is 26.7. The Morgan fingerprint density at radius 1 is 0.745 bits per heavy atom. The van der Waals surface area contributed by atoms with Crippen LogP contribution in [0.2, 0.25) is 0 Å². The molecule has 0 aliphatic carbocycles. The Labute approximate surface area is 273 Å². The second kappa shape index (κ2) is 15.8. The number of ether oxygens (including phenoxy) is 6. The van der Waals surface area contributed by atoms with Gasteiger partial charge in [-0.05, 0) is 23.6 Å². The van der Waals surface area contributed by atoms with E-state index in [9.17, 15) is 14.4 Å². The van der Waals surface area contributed by atoms with E-state index in [4.69, 9.17) is 33.3 Å². The lowest BCUT2D eigenvalue weighted by Crippen LogP contribution is -2.54. The van der Waals surface area contributed by atoms with Crippen molar-refractivity contribution < 1.29 is 47.6 Å². The predicted octanol–water partition coefficient (Wildman–Crippen LogP) is 4.30. The maximum absolute atomic E-state index is 13.7. The summed E-state index contributed by atoms with van der Waals surface area (Å²) < 4.78 is 35.1. The molecule has 1 fully saturated rings. The number of benzene rings is 3. The molecule has 5 rings (SSSR count). The lowest BCUT2D eigenvalue weighted by atomic mass is 9.81. The first-order valence-corrected chi connectivity index (χ1v) is 15.4. The van der Waals surface area contributed by atoms with Crippen molar-refractivity contribution >= 4 is 17.9 Å². The summed E-state index contributed by atoms with van der Waals surface area (Å²) in [7, 11) is 2.36. The number of fused-ring (bicyclic) bond motifs is 1. The average molecular weight is 646 g/mol. The highest BCUT2D eigenvalue weighted by molar-refractivity contribution is 6.02. The molecule has 3 aromatic rings. The Balaban J connectivity index is 1.63. The van der Waals surface area contributed by atoms with Gasteiger partial charge < -0.3 is 33.3 Å². The van der Waals surface area contributed by atoms with Gasteiger partial charge in [0.2, 0.25) is 5.76 Å². The molecular weight excluding hydrogens is 606 g/mol. The van der Waals surface area contributed by atoms with Gasteiger partial charge >= 0.3 is 17.9 Å². The fraction of sp³-hybridized carbons (Fsp3) is 0.361. The minimum atomic E-state index is -1.72. The maximum atomic E-state index is 13.7. The molecule has 2 heterocycles. The van der Waals surface area contributed by atoms with Gasteiger partial charge in [-0.2, -0.15) is 0 Å². The van der Waals surface area contributed by atoms with Crippen LogP contribution in [0.15, 0.2) is 102 Å². The zero-order valence-electron chi connectivity index (χ0n) is 26.7. The maximum Gasteiger partial charge on any atom is 0.376 e. The molecule has 47 heavy (non-hydrogen) atoms. The summed E-state index contributed by atoms with van der Waals surface area (Å²) in [6.07, 6.45) is -2.31. The SMILES string of the molecule is CCOC(=O)C[C@]12C(C(=O)OC)=C(C(=O)OC)ON1[C@H](COCc1ccccc1)[C@@H](OCc1ccccc1)[C@@H]2OCc1ccccc1. The summed E-state index contributed by atoms with van der Waals surface area (Å²) in [5, 5.41) is 1.42. The normalized spacial score (nSPS) is 22.0. The van der Waals surface area contributed by atoms with Crippen molar-refractivity contribution in [2.75, 3.05) is 27.4 Å². The van der Waals surface area contributed by atoms with Crippen molar-refractivity contribution in [3.05, 3.63) is 119 Å². The molecule has 0 saturated carbocycles. The van der Waals surface area contributed by atoms with Crippen molar-refractivity contribution in [2.45, 2.75) is 57.0 Å². The van der Waals surface area contributed by atoms with Crippen molar-refractivity contribution in [3.63, 3.8) is 0 Å². The van der Waals surface area contributed by atoms with Gasteiger partial charge in [0.25, 0.3) is 0 Å². The molecule has 248 valence electrons. The second-order valence-corrected chi connectivity index (χ2v) is 11.1. The number of methoxy groups -OCH3 is 2. The standard InChI is InChI=1S/C36H39NO10/c1-4-44-29(38)20-36-30(34(39)41-2)32(35(40)42-3)47-37(36)28(24-43-21-25-14-8-5-9-15-25)31(45-22-26-16-10-6-11-17-26)33(36)46-23-27-18-12-7-13-19-27/h5-19,28,31,33H,4,20-24H2,1-3H3/t28-,31-,33+,36-/m1/s1. The average Bonchev–Trinajstić information content (AvgIpc) is 3.55. The molecule has 2 aliphatic heterocycles. The van der Waals surface area contributed by atoms with E-state index < -0.39 is 53.9 Å². The summed E-state index contributed by atoms with van der Waals surface area (Å²) in [6.45, 7) is 2.32. The van der Waals surface area contributed by atoms with Gasteiger partial charge in [0, 0.05) is 0 Å². The molecule has 0 spiro atoms. The van der Waals surface area contributed by atoms with E-state index in [0.29, 0.717) is 0 Å². The summed E-state index contributed by atoms with van der Waals surface area (Å²) in [4.78, 5) is 46.5. The molecule has 0 amide bonds. The fourth-order valence-electron chi connectivity index (χ4n) is 6.07.